The summed E-state index contributed by atoms with van der Waals surface area (Å²) in [6.07, 6.45) is -0.623. The second-order valence-corrected chi connectivity index (χ2v) is 9.62. The van der Waals surface area contributed by atoms with E-state index in [9.17, 15) is 21.6 Å². The van der Waals surface area contributed by atoms with Crippen LogP contribution in [0, 0.1) is 0 Å². The second kappa shape index (κ2) is 9.23. The third-order valence-electron chi connectivity index (χ3n) is 4.24. The van der Waals surface area contributed by atoms with Crippen molar-refractivity contribution in [1.29, 1.82) is 0 Å². The Balaban J connectivity index is 1.51. The average molecular weight is 509 g/mol. The number of halogens is 3. The summed E-state index contributed by atoms with van der Waals surface area (Å²) in [7, 11) is -4.09. The number of anilines is 1. The highest BCUT2D eigenvalue weighted by Gasteiger charge is 2.31. The van der Waals surface area contributed by atoms with E-state index in [2.05, 4.69) is 24.9 Å². The van der Waals surface area contributed by atoms with Crippen molar-refractivity contribution in [3.05, 3.63) is 66.1 Å². The van der Waals surface area contributed by atoms with Gasteiger partial charge in [0.2, 0.25) is 9.84 Å². The number of rotatable bonds is 7. The lowest BCUT2D eigenvalue weighted by Crippen LogP contribution is -2.17. The molecule has 0 fully saturated rings. The van der Waals surface area contributed by atoms with Gasteiger partial charge in [0.15, 0.2) is 10.0 Å². The van der Waals surface area contributed by atoms with Gasteiger partial charge >= 0.3 is 6.36 Å². The molecule has 4 aromatic rings. The van der Waals surface area contributed by atoms with Crippen LogP contribution in [0.25, 0.3) is 10.7 Å². The molecule has 0 spiro atoms. The van der Waals surface area contributed by atoms with Crippen molar-refractivity contribution in [2.45, 2.75) is 22.8 Å². The summed E-state index contributed by atoms with van der Waals surface area (Å²) >= 11 is 1.17. The highest BCUT2D eigenvalue weighted by atomic mass is 32.2. The Labute approximate surface area is 195 Å². The zero-order valence-electron chi connectivity index (χ0n) is 16.9. The first kappa shape index (κ1) is 23.4. The highest BCUT2D eigenvalue weighted by Crippen LogP contribution is 2.31. The molecule has 3 heterocycles. The molecule has 176 valence electrons. The number of sulfone groups is 1. The van der Waals surface area contributed by atoms with Crippen LogP contribution in [0.15, 0.2) is 70.8 Å². The van der Waals surface area contributed by atoms with Crippen molar-refractivity contribution in [1.82, 2.24) is 20.2 Å². The number of nitrogens with two attached hydrogens (primary N) is 1. The molecule has 9 nitrogen and oxygen atoms in total. The van der Waals surface area contributed by atoms with Gasteiger partial charge in [-0.3, -0.25) is 9.97 Å². The quantitative estimate of drug-likeness (QED) is 0.394. The van der Waals surface area contributed by atoms with Gasteiger partial charge in [-0.15, -0.1) is 23.4 Å². The van der Waals surface area contributed by atoms with Crippen LogP contribution in [0.3, 0.4) is 0 Å². The van der Waals surface area contributed by atoms with Crippen LogP contribution in [0.5, 0.6) is 11.5 Å². The van der Waals surface area contributed by atoms with Crippen LogP contribution >= 0.6 is 11.3 Å². The largest absolute Gasteiger partial charge is 0.573 e. The zero-order chi connectivity index (χ0) is 24.3. The van der Waals surface area contributed by atoms with Crippen molar-refractivity contribution in [3.8, 4) is 22.2 Å². The van der Waals surface area contributed by atoms with E-state index < -0.39 is 21.9 Å². The molecule has 0 atom stereocenters. The van der Waals surface area contributed by atoms with E-state index in [1.165, 1.54) is 17.4 Å². The van der Waals surface area contributed by atoms with Gasteiger partial charge in [-0.25, -0.2) is 8.42 Å². The summed E-state index contributed by atoms with van der Waals surface area (Å²) in [6.45, 7) is 0.143. The van der Waals surface area contributed by atoms with Crippen molar-refractivity contribution in [2.75, 3.05) is 5.73 Å². The Morgan fingerprint density at radius 3 is 2.41 bits per heavy atom. The Morgan fingerprint density at radius 2 is 1.76 bits per heavy atom. The van der Waals surface area contributed by atoms with E-state index >= 15 is 0 Å². The molecular formula is C20H14F3N5O4S2. The van der Waals surface area contributed by atoms with E-state index in [1.54, 1.807) is 24.5 Å². The van der Waals surface area contributed by atoms with Crippen LogP contribution in [0.1, 0.15) is 5.01 Å². The molecule has 3 aromatic heterocycles. The predicted molar refractivity (Wildman–Crippen MR) is 115 cm³/mol. The molecule has 0 saturated heterocycles. The molecule has 2 N–H and O–H groups in total. The van der Waals surface area contributed by atoms with Crippen LogP contribution in [0.4, 0.5) is 18.9 Å². The molecule has 4 rings (SSSR count). The maximum Gasteiger partial charge on any atom is 0.573 e. The van der Waals surface area contributed by atoms with Crippen molar-refractivity contribution >= 4 is 26.9 Å². The lowest BCUT2D eigenvalue weighted by molar-refractivity contribution is -0.274. The number of hydrogen-bond acceptors (Lipinski definition) is 10. The third kappa shape index (κ3) is 5.40. The second-order valence-electron chi connectivity index (χ2n) is 6.61. The number of aromatic nitrogens is 4. The number of nitrogens with zero attached hydrogens (tertiary/aromatic N) is 4. The maximum absolute atomic E-state index is 12.8. The fraction of sp³-hybridized carbons (Fsp3) is 0.100. The highest BCUT2D eigenvalue weighted by molar-refractivity contribution is 7.91. The minimum Gasteiger partial charge on any atom is -0.485 e. The Kier molecular flexibility index (Phi) is 6.34. The lowest BCUT2D eigenvalue weighted by Gasteiger charge is -2.10. The molecule has 0 aliphatic heterocycles. The van der Waals surface area contributed by atoms with Gasteiger partial charge in [0, 0.05) is 12.4 Å². The molecule has 0 aliphatic rings. The Bertz CT molecular complexity index is 1400. The number of hydrogen-bond donors (Lipinski definition) is 1. The number of ether oxygens (including phenoxy) is 2. The molecule has 0 aliphatic carbocycles. The average Bonchev–Trinajstić information content (AvgIpc) is 3.26. The normalized spacial score (nSPS) is 11.9. The summed E-state index contributed by atoms with van der Waals surface area (Å²) in [6, 6.07) is 8.48. The first-order valence-electron chi connectivity index (χ1n) is 9.34. The van der Waals surface area contributed by atoms with Crippen LogP contribution < -0.4 is 15.2 Å². The number of alkyl halides is 3. The monoisotopic (exact) mass is 509 g/mol. The molecular weight excluding hydrogens is 495 g/mol. The van der Waals surface area contributed by atoms with Crippen molar-refractivity contribution in [3.63, 3.8) is 0 Å². The standard InChI is InChI=1S/C20H14F3N5O4S2/c21-20(22,23)32-12-3-5-14(6-4-12)34(29,30)15-8-16(24)18(26-10-15)19-28-27-17(33-19)11-31-13-2-1-7-25-9-13/h1-10H,11,24H2. The van der Waals surface area contributed by atoms with Crippen LogP contribution in [0.2, 0.25) is 0 Å². The Morgan fingerprint density at radius 1 is 1.00 bits per heavy atom. The molecule has 0 amide bonds. The van der Waals surface area contributed by atoms with Crippen LogP contribution in [-0.4, -0.2) is 34.9 Å². The fourth-order valence-corrected chi connectivity index (χ4v) is 4.74. The minimum absolute atomic E-state index is 0.0361. The first-order valence-corrected chi connectivity index (χ1v) is 11.6. The summed E-state index contributed by atoms with van der Waals surface area (Å²) in [5.74, 6) is 0.0171. The van der Waals surface area contributed by atoms with Gasteiger partial charge in [0.05, 0.1) is 21.7 Å². The van der Waals surface area contributed by atoms with E-state index in [-0.39, 0.29) is 27.8 Å². The Hall–Kier alpha value is -3.78. The summed E-state index contributed by atoms with van der Waals surface area (Å²) in [4.78, 5) is 7.58. The minimum atomic E-state index is -4.88. The number of pyridine rings is 2. The van der Waals surface area contributed by atoms with Gasteiger partial charge in [0.25, 0.3) is 0 Å². The molecule has 1 aromatic carbocycles. The van der Waals surface area contributed by atoms with Gasteiger partial charge in [-0.2, -0.15) is 0 Å². The SMILES string of the molecule is Nc1cc(S(=O)(=O)c2ccc(OC(F)(F)F)cc2)cnc1-c1nnc(COc2cccnc2)s1. The van der Waals surface area contributed by atoms with Crippen LogP contribution in [-0.2, 0) is 16.4 Å². The summed E-state index contributed by atoms with van der Waals surface area (Å²) in [5.41, 5.74) is 6.29. The third-order valence-corrected chi connectivity index (χ3v) is 6.88. The lowest BCUT2D eigenvalue weighted by atomic mass is 10.3. The fourth-order valence-electron chi connectivity index (χ4n) is 2.73. The molecule has 0 radical (unpaired) electrons. The first-order chi connectivity index (χ1) is 16.1. The number of nitrogen functional groups attached to an aromatic ring is 1. The summed E-state index contributed by atoms with van der Waals surface area (Å²) in [5, 5.41) is 8.94. The van der Waals surface area contributed by atoms with Gasteiger partial charge < -0.3 is 15.2 Å². The van der Waals surface area contributed by atoms with E-state index in [0.717, 1.165) is 30.5 Å². The summed E-state index contributed by atoms with van der Waals surface area (Å²) < 4.78 is 71.9. The molecule has 0 saturated carbocycles. The predicted octanol–water partition coefficient (Wildman–Crippen LogP) is 3.89. The topological polar surface area (TPSA) is 130 Å². The van der Waals surface area contributed by atoms with Crippen molar-refractivity contribution < 1.29 is 31.1 Å². The van der Waals surface area contributed by atoms with E-state index in [1.807, 2.05) is 0 Å². The molecule has 0 bridgehead atoms. The van der Waals surface area contributed by atoms with Gasteiger partial charge in [-0.1, -0.05) is 11.3 Å². The molecule has 14 heteroatoms. The van der Waals surface area contributed by atoms with Gasteiger partial charge in [-0.05, 0) is 42.5 Å². The van der Waals surface area contributed by atoms with Gasteiger partial charge in [0.1, 0.15) is 23.8 Å². The number of benzene rings is 1. The smallest absolute Gasteiger partial charge is 0.485 e. The maximum atomic E-state index is 12.8. The van der Waals surface area contributed by atoms with Crippen molar-refractivity contribution in [2.24, 2.45) is 0 Å². The zero-order valence-corrected chi connectivity index (χ0v) is 18.6. The van der Waals surface area contributed by atoms with E-state index in [4.69, 9.17) is 10.5 Å². The van der Waals surface area contributed by atoms with E-state index in [0.29, 0.717) is 15.8 Å². The molecule has 34 heavy (non-hydrogen) atoms. The molecule has 0 unspecified atom stereocenters.